The molecule has 2 rings (SSSR count). The van der Waals surface area contributed by atoms with Gasteiger partial charge in [0.25, 0.3) is 0 Å². The molecule has 17 heavy (non-hydrogen) atoms. The van der Waals surface area contributed by atoms with Gasteiger partial charge >= 0.3 is 0 Å². The molecule has 2 nitrogen and oxygen atoms in total. The predicted molar refractivity (Wildman–Crippen MR) is 75.2 cm³/mol. The van der Waals surface area contributed by atoms with Gasteiger partial charge in [-0.1, -0.05) is 23.9 Å². The fourth-order valence-corrected chi connectivity index (χ4v) is 2.20. The Morgan fingerprint density at radius 1 is 1.00 bits per heavy atom. The third-order valence-electron chi connectivity index (χ3n) is 2.21. The maximum absolute atomic E-state index is 5.88. The lowest BCUT2D eigenvalue weighted by molar-refractivity contribution is 0.414. The summed E-state index contributed by atoms with van der Waals surface area (Å²) < 4.78 is 5.11. The minimum absolute atomic E-state index is 0. The van der Waals surface area contributed by atoms with Crippen LogP contribution in [0.1, 0.15) is 0 Å². The number of hydrogen-bond donors (Lipinski definition) is 1. The molecule has 0 aliphatic rings. The van der Waals surface area contributed by atoms with Gasteiger partial charge in [-0.25, -0.2) is 0 Å². The number of nitrogen functional groups attached to an aromatic ring is 1. The standard InChI is InChI=1S/C13H13NOS.ClH/c1-15-10-6-8-11(9-7-10)16-13-5-3-2-4-12(13)14;/h2-9H,14H2,1H3;1H. The lowest BCUT2D eigenvalue weighted by Gasteiger charge is -2.05. The lowest BCUT2D eigenvalue weighted by Crippen LogP contribution is -1.87. The van der Waals surface area contributed by atoms with E-state index in [1.54, 1.807) is 18.9 Å². The van der Waals surface area contributed by atoms with Crippen molar-refractivity contribution in [3.63, 3.8) is 0 Å². The molecule has 0 heterocycles. The maximum Gasteiger partial charge on any atom is 0.118 e. The summed E-state index contributed by atoms with van der Waals surface area (Å²) in [6.07, 6.45) is 0. The molecule has 0 unspecified atom stereocenters. The van der Waals surface area contributed by atoms with Gasteiger partial charge in [-0.05, 0) is 36.4 Å². The van der Waals surface area contributed by atoms with E-state index in [1.807, 2.05) is 48.5 Å². The van der Waals surface area contributed by atoms with E-state index in [4.69, 9.17) is 10.5 Å². The number of hydrogen-bond acceptors (Lipinski definition) is 3. The first-order chi connectivity index (χ1) is 7.79. The fourth-order valence-electron chi connectivity index (χ4n) is 1.34. The Labute approximate surface area is 112 Å². The summed E-state index contributed by atoms with van der Waals surface area (Å²) in [5.41, 5.74) is 6.69. The number of methoxy groups -OCH3 is 1. The fraction of sp³-hybridized carbons (Fsp3) is 0.0769. The van der Waals surface area contributed by atoms with Crippen LogP contribution in [0.25, 0.3) is 0 Å². The van der Waals surface area contributed by atoms with Crippen LogP contribution in [0, 0.1) is 0 Å². The van der Waals surface area contributed by atoms with Crippen molar-refractivity contribution in [3.8, 4) is 5.75 Å². The Balaban J connectivity index is 0.00000144. The molecule has 2 aromatic rings. The third-order valence-corrected chi connectivity index (χ3v) is 3.31. The molecule has 0 amide bonds. The van der Waals surface area contributed by atoms with E-state index < -0.39 is 0 Å². The summed E-state index contributed by atoms with van der Waals surface area (Å²) in [5, 5.41) is 0. The molecule has 4 heteroatoms. The number of para-hydroxylation sites is 1. The molecular weight excluding hydrogens is 254 g/mol. The van der Waals surface area contributed by atoms with Crippen molar-refractivity contribution < 1.29 is 4.74 Å². The number of anilines is 1. The second-order valence-corrected chi connectivity index (χ2v) is 4.43. The zero-order chi connectivity index (χ0) is 11.4. The summed E-state index contributed by atoms with van der Waals surface area (Å²) in [7, 11) is 1.66. The van der Waals surface area contributed by atoms with Gasteiger partial charge in [0, 0.05) is 15.5 Å². The summed E-state index contributed by atoms with van der Waals surface area (Å²) >= 11 is 1.65. The smallest absolute Gasteiger partial charge is 0.118 e. The van der Waals surface area contributed by atoms with Crippen LogP contribution in [0.2, 0.25) is 0 Å². The zero-order valence-electron chi connectivity index (χ0n) is 9.42. The molecule has 2 aromatic carbocycles. The molecule has 0 aliphatic heterocycles. The Hall–Kier alpha value is -1.32. The zero-order valence-corrected chi connectivity index (χ0v) is 11.1. The van der Waals surface area contributed by atoms with Crippen molar-refractivity contribution in [2.75, 3.05) is 12.8 Å². The van der Waals surface area contributed by atoms with E-state index in [0.29, 0.717) is 0 Å². The van der Waals surface area contributed by atoms with Gasteiger partial charge in [-0.2, -0.15) is 0 Å². The van der Waals surface area contributed by atoms with E-state index in [1.165, 1.54) is 0 Å². The number of rotatable bonds is 3. The van der Waals surface area contributed by atoms with E-state index >= 15 is 0 Å². The Morgan fingerprint density at radius 3 is 2.24 bits per heavy atom. The molecule has 0 spiro atoms. The summed E-state index contributed by atoms with van der Waals surface area (Å²) in [4.78, 5) is 2.23. The van der Waals surface area contributed by atoms with E-state index in [2.05, 4.69) is 0 Å². The molecule has 0 aliphatic carbocycles. The van der Waals surface area contributed by atoms with Gasteiger partial charge in [-0.3, -0.25) is 0 Å². The normalized spacial score (nSPS) is 9.47. The van der Waals surface area contributed by atoms with Crippen molar-refractivity contribution >= 4 is 29.9 Å². The van der Waals surface area contributed by atoms with Crippen LogP contribution in [0.5, 0.6) is 5.75 Å². The van der Waals surface area contributed by atoms with Crippen molar-refractivity contribution in [2.45, 2.75) is 9.79 Å². The third kappa shape index (κ3) is 3.58. The van der Waals surface area contributed by atoms with Crippen LogP contribution < -0.4 is 10.5 Å². The van der Waals surface area contributed by atoms with Gasteiger partial charge in [0.05, 0.1) is 7.11 Å². The van der Waals surface area contributed by atoms with E-state index in [0.717, 1.165) is 21.2 Å². The average Bonchev–Trinajstić information content (AvgIpc) is 2.33. The van der Waals surface area contributed by atoms with Crippen molar-refractivity contribution in [2.24, 2.45) is 0 Å². The highest BCUT2D eigenvalue weighted by Crippen LogP contribution is 2.32. The number of nitrogens with two attached hydrogens (primary N) is 1. The van der Waals surface area contributed by atoms with Gasteiger partial charge in [0.1, 0.15) is 5.75 Å². The van der Waals surface area contributed by atoms with Gasteiger partial charge < -0.3 is 10.5 Å². The monoisotopic (exact) mass is 267 g/mol. The molecule has 0 aromatic heterocycles. The summed E-state index contributed by atoms with van der Waals surface area (Å²) in [5.74, 6) is 0.866. The number of halogens is 1. The molecular formula is C13H14ClNOS. The van der Waals surface area contributed by atoms with Crippen LogP contribution in [0.3, 0.4) is 0 Å². The van der Waals surface area contributed by atoms with Crippen molar-refractivity contribution in [3.05, 3.63) is 48.5 Å². The largest absolute Gasteiger partial charge is 0.497 e. The number of ether oxygens (including phenoxy) is 1. The van der Waals surface area contributed by atoms with Crippen molar-refractivity contribution in [1.82, 2.24) is 0 Å². The molecule has 0 saturated carbocycles. The van der Waals surface area contributed by atoms with E-state index in [9.17, 15) is 0 Å². The molecule has 0 fully saturated rings. The molecule has 0 radical (unpaired) electrons. The Kier molecular flexibility index (Phi) is 5.19. The minimum atomic E-state index is 0. The second kappa shape index (κ2) is 6.42. The van der Waals surface area contributed by atoms with Crippen LogP contribution in [-0.4, -0.2) is 7.11 Å². The predicted octanol–water partition coefficient (Wildman–Crippen LogP) is 3.85. The first kappa shape index (κ1) is 13.7. The average molecular weight is 268 g/mol. The van der Waals surface area contributed by atoms with Crippen LogP contribution in [0.4, 0.5) is 5.69 Å². The van der Waals surface area contributed by atoms with Crippen LogP contribution in [-0.2, 0) is 0 Å². The van der Waals surface area contributed by atoms with Gasteiger partial charge in [0.2, 0.25) is 0 Å². The molecule has 0 saturated heterocycles. The first-order valence-electron chi connectivity index (χ1n) is 4.96. The van der Waals surface area contributed by atoms with Crippen LogP contribution >= 0.6 is 24.2 Å². The van der Waals surface area contributed by atoms with E-state index in [-0.39, 0.29) is 12.4 Å². The SMILES string of the molecule is COc1ccc(Sc2ccccc2N)cc1.Cl. The highest BCUT2D eigenvalue weighted by molar-refractivity contribution is 7.99. The molecule has 2 N–H and O–H groups in total. The Bertz CT molecular complexity index is 473. The number of benzene rings is 2. The first-order valence-corrected chi connectivity index (χ1v) is 5.77. The van der Waals surface area contributed by atoms with Crippen molar-refractivity contribution in [1.29, 1.82) is 0 Å². The van der Waals surface area contributed by atoms with Gasteiger partial charge in [0.15, 0.2) is 0 Å². The minimum Gasteiger partial charge on any atom is -0.497 e. The van der Waals surface area contributed by atoms with Crippen LogP contribution in [0.15, 0.2) is 58.3 Å². The highest BCUT2D eigenvalue weighted by Gasteiger charge is 2.00. The molecule has 0 bridgehead atoms. The van der Waals surface area contributed by atoms with Gasteiger partial charge in [-0.15, -0.1) is 12.4 Å². The summed E-state index contributed by atoms with van der Waals surface area (Å²) in [6.45, 7) is 0. The maximum atomic E-state index is 5.88. The highest BCUT2D eigenvalue weighted by atomic mass is 35.5. The summed E-state index contributed by atoms with van der Waals surface area (Å²) in [6, 6.07) is 15.8. The second-order valence-electron chi connectivity index (χ2n) is 3.32. The quantitative estimate of drug-likeness (QED) is 0.858. The lowest BCUT2D eigenvalue weighted by atomic mass is 10.3. The Morgan fingerprint density at radius 2 is 1.65 bits per heavy atom. The molecule has 0 atom stereocenters. The molecule has 90 valence electrons. The topological polar surface area (TPSA) is 35.2 Å².